The van der Waals surface area contributed by atoms with Crippen LogP contribution in [0.5, 0.6) is 0 Å². The predicted molar refractivity (Wildman–Crippen MR) is 105 cm³/mol. The fourth-order valence-corrected chi connectivity index (χ4v) is 4.19. The number of hydrogen-bond acceptors (Lipinski definition) is 4. The van der Waals surface area contributed by atoms with Gasteiger partial charge in [-0.15, -0.1) is 0 Å². The lowest BCUT2D eigenvalue weighted by Crippen LogP contribution is -2.46. The quantitative estimate of drug-likeness (QED) is 0.613. The van der Waals surface area contributed by atoms with Crippen LogP contribution in [0.2, 0.25) is 10.0 Å². The number of nitrogens with zero attached hydrogens (tertiary/aromatic N) is 1. The van der Waals surface area contributed by atoms with E-state index in [2.05, 4.69) is 0 Å². The highest BCUT2D eigenvalue weighted by molar-refractivity contribution is 7.86. The highest BCUT2D eigenvalue weighted by Gasteiger charge is 2.38. The molecule has 1 aliphatic rings. The van der Waals surface area contributed by atoms with E-state index in [0.717, 1.165) is 24.3 Å². The molecule has 10 heteroatoms. The van der Waals surface area contributed by atoms with Gasteiger partial charge in [-0.3, -0.25) is 8.98 Å². The maximum Gasteiger partial charge on any atom is 0.297 e. The Kier molecular flexibility index (Phi) is 6.48. The van der Waals surface area contributed by atoms with E-state index in [0.29, 0.717) is 10.6 Å². The Labute approximate surface area is 177 Å². The molecule has 0 bridgehead atoms. The number of carbonyl (C=O) groups excluding carboxylic acids is 1. The minimum Gasteiger partial charge on any atom is -0.338 e. The van der Waals surface area contributed by atoms with Gasteiger partial charge in [0.1, 0.15) is 18.1 Å². The molecule has 0 N–H and O–H groups in total. The van der Waals surface area contributed by atoms with Crippen molar-refractivity contribution in [3.8, 4) is 0 Å². The van der Waals surface area contributed by atoms with Crippen molar-refractivity contribution < 1.29 is 26.2 Å². The van der Waals surface area contributed by atoms with Crippen LogP contribution < -0.4 is 0 Å². The molecule has 0 aliphatic carbocycles. The Balaban J connectivity index is 1.59. The molecule has 0 radical (unpaired) electrons. The third-order valence-corrected chi connectivity index (χ3v) is 6.71. The van der Waals surface area contributed by atoms with Gasteiger partial charge in [0, 0.05) is 31.5 Å². The summed E-state index contributed by atoms with van der Waals surface area (Å²) in [6, 6.07) is 8.55. The minimum atomic E-state index is -4.21. The summed E-state index contributed by atoms with van der Waals surface area (Å²) in [4.78, 5) is 13.8. The zero-order valence-corrected chi connectivity index (χ0v) is 17.4. The molecule has 3 rings (SSSR count). The van der Waals surface area contributed by atoms with Crippen molar-refractivity contribution in [2.75, 3.05) is 19.7 Å². The first-order chi connectivity index (χ1) is 13.6. The van der Waals surface area contributed by atoms with Crippen molar-refractivity contribution in [3.05, 3.63) is 63.9 Å². The summed E-state index contributed by atoms with van der Waals surface area (Å²) in [6.07, 6.45) is -0.169. The molecule has 0 atom stereocenters. The summed E-state index contributed by atoms with van der Waals surface area (Å²) >= 11 is 11.8. The lowest BCUT2D eigenvalue weighted by Gasteiger charge is -2.36. The molecule has 5 nitrogen and oxygen atoms in total. The van der Waals surface area contributed by atoms with Gasteiger partial charge in [0.05, 0.1) is 14.9 Å². The Morgan fingerprint density at radius 1 is 1.07 bits per heavy atom. The number of likely N-dealkylation sites (tertiary alicyclic amines) is 1. The second-order valence-corrected chi connectivity index (χ2v) is 9.17. The fourth-order valence-electron chi connectivity index (χ4n) is 2.92. The monoisotopic (exact) mass is 463 g/mol. The van der Waals surface area contributed by atoms with E-state index in [1.807, 2.05) is 0 Å². The lowest BCUT2D eigenvalue weighted by molar-refractivity contribution is 0.0186. The van der Waals surface area contributed by atoms with Gasteiger partial charge >= 0.3 is 0 Å². The van der Waals surface area contributed by atoms with Crippen LogP contribution in [-0.2, 0) is 14.3 Å². The summed E-state index contributed by atoms with van der Waals surface area (Å²) in [5.41, 5.74) is -1.57. The molecule has 1 amide bonds. The summed E-state index contributed by atoms with van der Waals surface area (Å²) in [7, 11) is -4.21. The summed E-state index contributed by atoms with van der Waals surface area (Å²) in [6.45, 7) is -0.493. The fraction of sp³-hybridized carbons (Fsp3) is 0.316. The standard InChI is InChI=1S/C19H17Cl2F2NO4S/c20-16-6-1-13(11-17(16)21)18(25)24-9-7-19(23,8-10-24)12-28-29(26,27)15-4-2-14(22)3-5-15/h1-6,11H,7-10,12H2. The molecule has 0 unspecified atom stereocenters. The second-order valence-electron chi connectivity index (χ2n) is 6.74. The maximum absolute atomic E-state index is 15.0. The zero-order chi connectivity index (χ0) is 21.2. The summed E-state index contributed by atoms with van der Waals surface area (Å²) in [5, 5.41) is 0.568. The smallest absolute Gasteiger partial charge is 0.297 e. The van der Waals surface area contributed by atoms with E-state index < -0.39 is 28.2 Å². The molecule has 2 aromatic rings. The number of amides is 1. The van der Waals surface area contributed by atoms with Crippen LogP contribution in [0.3, 0.4) is 0 Å². The maximum atomic E-state index is 15.0. The molecular weight excluding hydrogens is 447 g/mol. The molecule has 1 saturated heterocycles. The van der Waals surface area contributed by atoms with Crippen molar-refractivity contribution in [2.24, 2.45) is 0 Å². The number of piperidine rings is 1. The number of halogens is 4. The van der Waals surface area contributed by atoms with Gasteiger partial charge in [-0.25, -0.2) is 8.78 Å². The molecule has 1 fully saturated rings. The molecule has 156 valence electrons. The van der Waals surface area contributed by atoms with Crippen molar-refractivity contribution in [1.29, 1.82) is 0 Å². The number of hydrogen-bond donors (Lipinski definition) is 0. The third-order valence-electron chi connectivity index (χ3n) is 4.69. The van der Waals surface area contributed by atoms with Gasteiger partial charge in [-0.2, -0.15) is 8.42 Å². The van der Waals surface area contributed by atoms with Gasteiger partial charge in [-0.1, -0.05) is 23.2 Å². The first-order valence-corrected chi connectivity index (χ1v) is 10.8. The van der Waals surface area contributed by atoms with Gasteiger partial charge in [0.2, 0.25) is 0 Å². The molecule has 0 saturated carbocycles. The Morgan fingerprint density at radius 2 is 1.69 bits per heavy atom. The van der Waals surface area contributed by atoms with Crippen molar-refractivity contribution in [1.82, 2.24) is 4.90 Å². The second kappa shape index (κ2) is 8.55. The highest BCUT2D eigenvalue weighted by atomic mass is 35.5. The van der Waals surface area contributed by atoms with Gasteiger partial charge in [-0.05, 0) is 42.5 Å². The molecule has 2 aromatic carbocycles. The van der Waals surface area contributed by atoms with E-state index in [9.17, 15) is 17.6 Å². The van der Waals surface area contributed by atoms with E-state index >= 15 is 4.39 Å². The number of carbonyl (C=O) groups is 1. The predicted octanol–water partition coefficient (Wildman–Crippen LogP) is 4.48. The Hall–Kier alpha value is -1.74. The third kappa shape index (κ3) is 5.25. The molecule has 0 aromatic heterocycles. The summed E-state index contributed by atoms with van der Waals surface area (Å²) in [5.74, 6) is -0.907. The Bertz CT molecular complexity index is 1010. The first kappa shape index (κ1) is 22.0. The van der Waals surface area contributed by atoms with E-state index in [1.165, 1.54) is 23.1 Å². The average molecular weight is 464 g/mol. The molecule has 1 aliphatic heterocycles. The molecule has 29 heavy (non-hydrogen) atoms. The van der Waals surface area contributed by atoms with Crippen molar-refractivity contribution in [2.45, 2.75) is 23.4 Å². The van der Waals surface area contributed by atoms with Crippen molar-refractivity contribution in [3.63, 3.8) is 0 Å². The minimum absolute atomic E-state index is 0.0843. The number of alkyl halides is 1. The van der Waals surface area contributed by atoms with Crippen molar-refractivity contribution >= 4 is 39.2 Å². The Morgan fingerprint density at radius 3 is 2.28 bits per heavy atom. The van der Waals surface area contributed by atoms with Gasteiger partial charge < -0.3 is 4.90 Å². The average Bonchev–Trinajstić information content (AvgIpc) is 2.69. The lowest BCUT2D eigenvalue weighted by atomic mass is 9.94. The largest absolute Gasteiger partial charge is 0.338 e. The van der Waals surface area contributed by atoms with Crippen LogP contribution in [0, 0.1) is 5.82 Å². The number of rotatable bonds is 5. The number of benzene rings is 2. The highest BCUT2D eigenvalue weighted by Crippen LogP contribution is 2.30. The van der Waals surface area contributed by atoms with Crippen LogP contribution >= 0.6 is 23.2 Å². The van der Waals surface area contributed by atoms with E-state index in [-0.39, 0.29) is 41.8 Å². The van der Waals surface area contributed by atoms with Crippen LogP contribution in [0.1, 0.15) is 23.2 Å². The molecular formula is C19H17Cl2F2NO4S. The zero-order valence-electron chi connectivity index (χ0n) is 15.1. The van der Waals surface area contributed by atoms with E-state index in [4.69, 9.17) is 27.4 Å². The molecule has 1 heterocycles. The molecule has 0 spiro atoms. The topological polar surface area (TPSA) is 63.7 Å². The van der Waals surface area contributed by atoms with Crippen LogP contribution in [0.25, 0.3) is 0 Å². The normalized spacial score (nSPS) is 16.6. The first-order valence-electron chi connectivity index (χ1n) is 8.68. The van der Waals surface area contributed by atoms with Crippen LogP contribution in [0.15, 0.2) is 47.4 Å². The van der Waals surface area contributed by atoms with E-state index in [1.54, 1.807) is 0 Å². The van der Waals surface area contributed by atoms with Crippen LogP contribution in [0.4, 0.5) is 8.78 Å². The van der Waals surface area contributed by atoms with Gasteiger partial charge in [0.25, 0.3) is 16.0 Å². The van der Waals surface area contributed by atoms with Gasteiger partial charge in [0.15, 0.2) is 0 Å². The van der Waals surface area contributed by atoms with Crippen LogP contribution in [-0.4, -0.2) is 44.6 Å². The SMILES string of the molecule is O=C(c1ccc(Cl)c(Cl)c1)N1CCC(F)(COS(=O)(=O)c2ccc(F)cc2)CC1. The summed E-state index contributed by atoms with van der Waals surface area (Å²) < 4.78 is 57.1.